The smallest absolute Gasteiger partial charge is 0.320 e. The van der Waals surface area contributed by atoms with Crippen LogP contribution < -0.4 is 0 Å². The third-order valence-corrected chi connectivity index (χ3v) is 1.81. The van der Waals surface area contributed by atoms with E-state index in [-0.39, 0.29) is 132 Å². The van der Waals surface area contributed by atoms with Crippen molar-refractivity contribution in [3.63, 3.8) is 0 Å². The summed E-state index contributed by atoms with van der Waals surface area (Å²) in [5.74, 6) is -3.46. The van der Waals surface area contributed by atoms with E-state index in [0.717, 1.165) is 26.9 Å². The van der Waals surface area contributed by atoms with Gasteiger partial charge in [-0.2, -0.15) is 18.6 Å². The topological polar surface area (TPSA) is 212 Å². The van der Waals surface area contributed by atoms with E-state index in [4.69, 9.17) is 35.6 Å². The molecule has 0 saturated carbocycles. The number of carboxylic acids is 2. The fourth-order valence-corrected chi connectivity index (χ4v) is 0.631. The Balaban J connectivity index is -0.0000000221. The molecule has 15 heteroatoms. The number of nitriles is 1. The second-order valence-corrected chi connectivity index (χ2v) is 5.26. The Morgan fingerprint density at radius 2 is 0.976 bits per heavy atom. The molecular formula is C27H60NO11Y3-3. The van der Waals surface area contributed by atoms with Crippen LogP contribution in [0, 0.1) is 38.5 Å². The number of ether oxygens (including phenoxy) is 2. The van der Waals surface area contributed by atoms with Gasteiger partial charge in [-0.1, -0.05) is 20.8 Å². The van der Waals surface area contributed by atoms with Gasteiger partial charge in [0.1, 0.15) is 0 Å². The normalized spacial score (nSPS) is 6.29. The van der Waals surface area contributed by atoms with Gasteiger partial charge in [0.15, 0.2) is 5.92 Å². The van der Waals surface area contributed by atoms with E-state index in [1.807, 2.05) is 13.8 Å². The second kappa shape index (κ2) is 105. The van der Waals surface area contributed by atoms with Crippen LogP contribution in [0.2, 0.25) is 0 Å². The van der Waals surface area contributed by atoms with E-state index in [9.17, 15) is 14.4 Å². The second-order valence-electron chi connectivity index (χ2n) is 5.26. The fourth-order valence-electron chi connectivity index (χ4n) is 0.631. The molecule has 0 fully saturated rings. The maximum Gasteiger partial charge on any atom is 0.320 e. The van der Waals surface area contributed by atoms with Crippen molar-refractivity contribution in [2.75, 3.05) is 33.5 Å². The molecule has 0 aliphatic heterocycles. The molecular weight excluding hydrogens is 781 g/mol. The largest absolute Gasteiger partial charge is 0.481 e. The number of esters is 2. The SMILES string of the molecule is CC#N.CC(=O)O.CCC(=O)O.CCCO.CCO.CCOC(=O)C(C)C(=O)OCC.CO.[CH2-]C.[CH2-]CC.[CH3-].[Y].[Y].[Y]. The summed E-state index contributed by atoms with van der Waals surface area (Å²) < 4.78 is 9.26. The molecule has 0 rings (SSSR count). The van der Waals surface area contributed by atoms with E-state index in [2.05, 4.69) is 23.3 Å². The van der Waals surface area contributed by atoms with Gasteiger partial charge >= 0.3 is 17.9 Å². The summed E-state index contributed by atoms with van der Waals surface area (Å²) in [6.07, 6.45) is 2.10. The first kappa shape index (κ1) is 84.1. The minimum Gasteiger partial charge on any atom is -0.481 e. The average Bonchev–Trinajstić information content (AvgIpc) is 2.88. The maximum absolute atomic E-state index is 10.9. The number of hydrogen-bond acceptors (Lipinski definition) is 10. The molecule has 0 aliphatic carbocycles. The molecule has 251 valence electrons. The van der Waals surface area contributed by atoms with Crippen LogP contribution >= 0.6 is 0 Å². The first-order chi connectivity index (χ1) is 17.8. The summed E-state index contributed by atoms with van der Waals surface area (Å²) in [6, 6.07) is 1.75. The number of carbonyl (C=O) groups excluding carboxylic acids is 2. The Kier molecular flexibility index (Phi) is 210. The van der Waals surface area contributed by atoms with Gasteiger partial charge in [0.05, 0.1) is 19.3 Å². The van der Waals surface area contributed by atoms with Gasteiger partial charge in [0, 0.05) is 139 Å². The summed E-state index contributed by atoms with van der Waals surface area (Å²) >= 11 is 0. The van der Waals surface area contributed by atoms with Crippen molar-refractivity contribution in [3.8, 4) is 6.07 Å². The number of hydrogen-bond donors (Lipinski definition) is 5. The molecule has 0 amide bonds. The number of carbonyl (C=O) groups is 4. The van der Waals surface area contributed by atoms with Crippen LogP contribution in [-0.4, -0.2) is 82.9 Å². The molecule has 0 heterocycles. The van der Waals surface area contributed by atoms with Gasteiger partial charge < -0.3 is 56.3 Å². The van der Waals surface area contributed by atoms with Crippen molar-refractivity contribution >= 4 is 23.9 Å². The molecule has 0 aromatic carbocycles. The van der Waals surface area contributed by atoms with E-state index < -0.39 is 29.8 Å². The summed E-state index contributed by atoms with van der Waals surface area (Å²) in [6.45, 7) is 24.2. The Hall–Kier alpha value is 0.562. The quantitative estimate of drug-likeness (QED) is 0.144. The summed E-state index contributed by atoms with van der Waals surface area (Å²) in [7, 11) is 1.00. The Bertz CT molecular complexity index is 457. The zero-order chi connectivity index (χ0) is 33.0. The average molecular weight is 841 g/mol. The Labute approximate surface area is 333 Å². The molecule has 12 nitrogen and oxygen atoms in total. The van der Waals surface area contributed by atoms with Crippen molar-refractivity contribution in [1.82, 2.24) is 0 Å². The van der Waals surface area contributed by atoms with Crippen LogP contribution in [0.4, 0.5) is 0 Å². The van der Waals surface area contributed by atoms with E-state index in [0.29, 0.717) is 6.61 Å². The van der Waals surface area contributed by atoms with Crippen LogP contribution in [0.5, 0.6) is 0 Å². The number of aliphatic hydroxyl groups is 3. The van der Waals surface area contributed by atoms with E-state index in [1.165, 1.54) is 13.8 Å². The molecule has 0 atom stereocenters. The molecule has 0 aliphatic rings. The van der Waals surface area contributed by atoms with Crippen molar-refractivity contribution < 1.29 is 152 Å². The molecule has 0 aromatic rings. The third-order valence-electron chi connectivity index (χ3n) is 1.81. The summed E-state index contributed by atoms with van der Waals surface area (Å²) in [5.41, 5.74) is 0. The van der Waals surface area contributed by atoms with Crippen LogP contribution in [0.25, 0.3) is 0 Å². The number of nitrogens with zero attached hydrogens (tertiary/aromatic N) is 1. The van der Waals surface area contributed by atoms with Gasteiger partial charge in [-0.05, 0) is 34.1 Å². The molecule has 3 radical (unpaired) electrons. The molecule has 0 aromatic heterocycles. The number of aliphatic carboxylic acids is 2. The molecule has 0 saturated heterocycles. The van der Waals surface area contributed by atoms with Crippen LogP contribution in [0.1, 0.15) is 88.5 Å². The van der Waals surface area contributed by atoms with Crippen LogP contribution in [-0.2, 0) is 127 Å². The first-order valence-corrected chi connectivity index (χ1v) is 12.0. The van der Waals surface area contributed by atoms with Gasteiger partial charge in [-0.15, -0.1) is 0 Å². The molecule has 5 N–H and O–H groups in total. The summed E-state index contributed by atoms with van der Waals surface area (Å²) in [4.78, 5) is 40.2. The van der Waals surface area contributed by atoms with Gasteiger partial charge in [-0.3, -0.25) is 19.2 Å². The Morgan fingerprint density at radius 3 is 1.05 bits per heavy atom. The monoisotopic (exact) mass is 841 g/mol. The van der Waals surface area contributed by atoms with E-state index >= 15 is 0 Å². The zero-order valence-corrected chi connectivity index (χ0v) is 36.8. The third kappa shape index (κ3) is 206. The molecule has 0 spiro atoms. The molecule has 42 heavy (non-hydrogen) atoms. The number of aliphatic hydroxyl groups excluding tert-OH is 3. The number of rotatable bonds is 6. The van der Waals surface area contributed by atoms with Gasteiger partial charge in [0.25, 0.3) is 5.97 Å². The van der Waals surface area contributed by atoms with Crippen LogP contribution in [0.15, 0.2) is 0 Å². The predicted molar refractivity (Wildman–Crippen MR) is 156 cm³/mol. The van der Waals surface area contributed by atoms with Crippen LogP contribution in [0.3, 0.4) is 0 Å². The van der Waals surface area contributed by atoms with Crippen molar-refractivity contribution in [2.24, 2.45) is 5.92 Å². The van der Waals surface area contributed by atoms with Crippen molar-refractivity contribution in [2.45, 2.75) is 88.5 Å². The molecule has 0 bridgehead atoms. The predicted octanol–water partition coefficient (Wildman–Crippen LogP) is 4.36. The fraction of sp³-hybridized carbons (Fsp3) is 0.704. The summed E-state index contributed by atoms with van der Waals surface area (Å²) in [5, 5.41) is 44.9. The maximum atomic E-state index is 10.9. The van der Waals surface area contributed by atoms with Gasteiger partial charge in [-0.25, -0.2) is 0 Å². The van der Waals surface area contributed by atoms with Crippen molar-refractivity contribution in [1.29, 1.82) is 5.26 Å². The minimum absolute atomic E-state index is 0. The zero-order valence-electron chi connectivity index (χ0n) is 28.3. The first-order valence-electron chi connectivity index (χ1n) is 12.0. The van der Waals surface area contributed by atoms with Gasteiger partial charge in [0.2, 0.25) is 0 Å². The standard InChI is InChI=1S/C8H14O4.C3H6O2.C3H8O.C3H7.C2H3N.C2H4O2.C2H6O.C2H5.CH4O.CH3.3Y/c1-4-11-7(9)6(3)8(10)12-5-2;1-2-3(4)5;1-2-3-4;1-3-2;1-2-3;1-2(3)4;1-2-3;2*1-2;;;;/h6H,4-5H2,1-3H3;2H2,1H3,(H,4,5);4H,2-3H2,1H3;1,3H2,2H3;1H3;1H3,(H,3,4);3H,2H2,1H3;1H2,2H3;2H,1H3;1H3;;;/q;;;-1;;;;-1;;-1;;;. The van der Waals surface area contributed by atoms with Crippen molar-refractivity contribution in [3.05, 3.63) is 21.3 Å². The molecule has 0 unspecified atom stereocenters. The Morgan fingerprint density at radius 1 is 0.833 bits per heavy atom. The minimum atomic E-state index is -0.833. The number of carboxylic acid groups (broad SMARTS) is 2. The van der Waals surface area contributed by atoms with E-state index in [1.54, 1.807) is 40.7 Å².